The summed E-state index contributed by atoms with van der Waals surface area (Å²) < 4.78 is 1.03. The monoisotopic (exact) mass is 150 g/mol. The van der Waals surface area contributed by atoms with E-state index >= 15 is 0 Å². The van der Waals surface area contributed by atoms with Crippen LogP contribution >= 0.6 is 8.73 Å². The second-order valence-electron chi connectivity index (χ2n) is 3.00. The summed E-state index contributed by atoms with van der Waals surface area (Å²) in [6.07, 6.45) is 2.11. The second-order valence-corrected chi connectivity index (χ2v) is 5.16. The minimum absolute atomic E-state index is 0.340. The van der Waals surface area contributed by atoms with Gasteiger partial charge >= 0.3 is 0 Å². The summed E-state index contributed by atoms with van der Waals surface area (Å²) in [4.78, 5) is 0. The largest absolute Gasteiger partial charge is 0.396 e. The van der Waals surface area contributed by atoms with E-state index in [0.29, 0.717) is 6.61 Å². The molecule has 0 heterocycles. The SMILES string of the molecule is C[N+](C)(C)PCCCO. The lowest BCUT2D eigenvalue weighted by molar-refractivity contribution is -0.735. The Bertz CT molecular complexity index is 69.9. The van der Waals surface area contributed by atoms with Crippen LogP contribution in [0.1, 0.15) is 6.42 Å². The van der Waals surface area contributed by atoms with Gasteiger partial charge in [-0.2, -0.15) is 0 Å². The standard InChI is InChI=1S/C6H17NOP/c1-7(2,3)9-6-4-5-8/h8-9H,4-6H2,1-3H3/q+1. The van der Waals surface area contributed by atoms with E-state index in [-0.39, 0.29) is 0 Å². The van der Waals surface area contributed by atoms with E-state index in [1.807, 2.05) is 0 Å². The van der Waals surface area contributed by atoms with Gasteiger partial charge in [0.15, 0.2) is 0 Å². The highest BCUT2D eigenvalue weighted by molar-refractivity contribution is 7.31. The van der Waals surface area contributed by atoms with Crippen LogP contribution in [0.15, 0.2) is 0 Å². The summed E-state index contributed by atoms with van der Waals surface area (Å²) in [7, 11) is 7.46. The van der Waals surface area contributed by atoms with Gasteiger partial charge in [0.05, 0.1) is 29.9 Å². The molecule has 1 N–H and O–H groups in total. The quantitative estimate of drug-likeness (QED) is 0.461. The fourth-order valence-electron chi connectivity index (χ4n) is 0.494. The molecule has 0 spiro atoms. The summed E-state index contributed by atoms with van der Waals surface area (Å²) in [5.74, 6) is 0. The Morgan fingerprint density at radius 3 is 2.22 bits per heavy atom. The van der Waals surface area contributed by atoms with Gasteiger partial charge in [-0.1, -0.05) is 0 Å². The van der Waals surface area contributed by atoms with E-state index in [1.165, 1.54) is 0 Å². The number of hydrogen-bond acceptors (Lipinski definition) is 1. The van der Waals surface area contributed by atoms with Gasteiger partial charge in [0.1, 0.15) is 0 Å². The van der Waals surface area contributed by atoms with Crippen LogP contribution in [0.4, 0.5) is 0 Å². The van der Waals surface area contributed by atoms with Crippen LogP contribution in [0.3, 0.4) is 0 Å². The molecule has 0 amide bonds. The minimum Gasteiger partial charge on any atom is -0.396 e. The van der Waals surface area contributed by atoms with Crippen molar-refractivity contribution in [1.82, 2.24) is 0 Å². The molecule has 1 unspecified atom stereocenters. The first-order valence-electron chi connectivity index (χ1n) is 3.24. The van der Waals surface area contributed by atoms with Crippen molar-refractivity contribution < 1.29 is 9.36 Å². The lowest BCUT2D eigenvalue weighted by Crippen LogP contribution is -2.23. The van der Waals surface area contributed by atoms with E-state index in [9.17, 15) is 0 Å². The predicted molar refractivity (Wildman–Crippen MR) is 42.9 cm³/mol. The van der Waals surface area contributed by atoms with Crippen molar-refractivity contribution in [3.05, 3.63) is 0 Å². The lowest BCUT2D eigenvalue weighted by Gasteiger charge is -2.22. The first-order chi connectivity index (χ1) is 4.06. The average Bonchev–Trinajstić information content (AvgIpc) is 1.63. The highest BCUT2D eigenvalue weighted by Crippen LogP contribution is 2.20. The highest BCUT2D eigenvalue weighted by Gasteiger charge is 2.04. The first kappa shape index (κ1) is 9.35. The summed E-state index contributed by atoms with van der Waals surface area (Å²) in [5, 5.41) is 8.46. The summed E-state index contributed by atoms with van der Waals surface area (Å²) >= 11 is 0. The summed E-state index contributed by atoms with van der Waals surface area (Å²) in [5.41, 5.74) is 0. The van der Waals surface area contributed by atoms with Gasteiger partial charge in [-0.3, -0.25) is 0 Å². The molecule has 0 aromatic rings. The molecule has 0 saturated carbocycles. The van der Waals surface area contributed by atoms with Crippen molar-refractivity contribution in [2.45, 2.75) is 6.42 Å². The molecular weight excluding hydrogens is 133 g/mol. The minimum atomic E-state index is 0.340. The lowest BCUT2D eigenvalue weighted by atomic mass is 10.5. The zero-order chi connectivity index (χ0) is 7.33. The number of aliphatic hydroxyl groups is 1. The maximum absolute atomic E-state index is 8.46. The van der Waals surface area contributed by atoms with Gasteiger partial charge < -0.3 is 9.36 Å². The Morgan fingerprint density at radius 1 is 1.33 bits per heavy atom. The molecule has 0 aromatic heterocycles. The smallest absolute Gasteiger partial charge is 0.0886 e. The van der Waals surface area contributed by atoms with Crippen LogP contribution in [-0.2, 0) is 0 Å². The normalized spacial score (nSPS) is 13.3. The Balaban J connectivity index is 3.07. The maximum Gasteiger partial charge on any atom is 0.0886 e. The third kappa shape index (κ3) is 8.35. The number of aliphatic hydroxyl groups excluding tert-OH is 1. The van der Waals surface area contributed by atoms with Crippen molar-refractivity contribution in [3.63, 3.8) is 0 Å². The van der Waals surface area contributed by atoms with Gasteiger partial charge in [0, 0.05) is 12.8 Å². The van der Waals surface area contributed by atoms with Crippen molar-refractivity contribution in [1.29, 1.82) is 0 Å². The molecule has 0 aliphatic carbocycles. The maximum atomic E-state index is 8.46. The fraction of sp³-hybridized carbons (Fsp3) is 1.00. The molecule has 0 saturated heterocycles. The molecule has 9 heavy (non-hydrogen) atoms. The third-order valence-corrected chi connectivity index (χ3v) is 2.45. The Labute approximate surface area is 59.3 Å². The molecule has 1 atom stereocenters. The van der Waals surface area contributed by atoms with Crippen LogP contribution in [0.5, 0.6) is 0 Å². The molecule has 0 aliphatic rings. The van der Waals surface area contributed by atoms with Gasteiger partial charge in [-0.05, 0) is 6.42 Å². The molecule has 2 nitrogen and oxygen atoms in total. The topological polar surface area (TPSA) is 20.2 Å². The number of hydrogen-bond donors (Lipinski definition) is 1. The second kappa shape index (κ2) is 4.21. The van der Waals surface area contributed by atoms with E-state index in [4.69, 9.17) is 5.11 Å². The van der Waals surface area contributed by atoms with Crippen molar-refractivity contribution >= 4 is 8.73 Å². The average molecular weight is 150 g/mol. The van der Waals surface area contributed by atoms with E-state index < -0.39 is 0 Å². The van der Waals surface area contributed by atoms with E-state index in [2.05, 4.69) is 21.1 Å². The van der Waals surface area contributed by atoms with Crippen molar-refractivity contribution in [2.75, 3.05) is 33.9 Å². The molecule has 0 bridgehead atoms. The molecule has 0 aliphatic heterocycles. The predicted octanol–water partition coefficient (Wildman–Crippen LogP) is 0.668. The number of rotatable bonds is 4. The van der Waals surface area contributed by atoms with Crippen LogP contribution in [-0.4, -0.2) is 43.3 Å². The van der Waals surface area contributed by atoms with E-state index in [0.717, 1.165) is 25.6 Å². The van der Waals surface area contributed by atoms with Crippen molar-refractivity contribution in [2.24, 2.45) is 0 Å². The molecular formula is C6H17NOP+. The third-order valence-electron chi connectivity index (χ3n) is 0.921. The van der Waals surface area contributed by atoms with E-state index in [1.54, 1.807) is 0 Å². The van der Waals surface area contributed by atoms with Gasteiger partial charge in [-0.25, -0.2) is 0 Å². The molecule has 0 aromatic carbocycles. The van der Waals surface area contributed by atoms with Gasteiger partial charge in [-0.15, -0.1) is 0 Å². The number of nitrogens with zero attached hydrogens (tertiary/aromatic N) is 1. The van der Waals surface area contributed by atoms with Gasteiger partial charge in [0.25, 0.3) is 0 Å². The highest BCUT2D eigenvalue weighted by atomic mass is 31.1. The zero-order valence-corrected chi connectivity index (χ0v) is 7.52. The summed E-state index contributed by atoms with van der Waals surface area (Å²) in [6.45, 7) is 0.340. The van der Waals surface area contributed by atoms with Crippen LogP contribution in [0, 0.1) is 0 Å². The molecule has 0 fully saturated rings. The number of quaternary nitrogens is 1. The Kier molecular flexibility index (Phi) is 4.37. The van der Waals surface area contributed by atoms with Gasteiger partial charge in [0.2, 0.25) is 0 Å². The zero-order valence-electron chi connectivity index (χ0n) is 6.52. The molecule has 3 heteroatoms. The molecule has 0 radical (unpaired) electrons. The van der Waals surface area contributed by atoms with Crippen LogP contribution in [0.25, 0.3) is 0 Å². The molecule has 56 valence electrons. The Hall–Kier alpha value is 0.350. The molecule has 0 rings (SSSR count). The first-order valence-corrected chi connectivity index (χ1v) is 4.39. The Morgan fingerprint density at radius 2 is 1.89 bits per heavy atom. The summed E-state index contributed by atoms with van der Waals surface area (Å²) in [6, 6.07) is 0. The fourth-order valence-corrected chi connectivity index (χ4v) is 1.48. The van der Waals surface area contributed by atoms with Crippen LogP contribution < -0.4 is 0 Å². The van der Waals surface area contributed by atoms with Crippen molar-refractivity contribution in [3.8, 4) is 0 Å². The van der Waals surface area contributed by atoms with Crippen LogP contribution in [0.2, 0.25) is 0 Å².